The molecule has 2 aliphatic rings. The first-order valence-corrected chi connectivity index (χ1v) is 6.17. The Balaban J connectivity index is 2.04. The lowest BCUT2D eigenvalue weighted by Gasteiger charge is -2.41. The van der Waals surface area contributed by atoms with Gasteiger partial charge in [-0.15, -0.1) is 0 Å². The number of likely N-dealkylation sites (N-methyl/N-ethyl adjacent to an activating group) is 1. The zero-order chi connectivity index (χ0) is 11.1. The zero-order valence-electron chi connectivity index (χ0n) is 10.4. The molecule has 2 fully saturated rings. The maximum atomic E-state index is 6.41. The number of hydrogen-bond donors (Lipinski definition) is 1. The highest BCUT2D eigenvalue weighted by Crippen LogP contribution is 2.42. The molecule has 1 aliphatic heterocycles. The smallest absolute Gasteiger partial charge is 0.0316 e. The summed E-state index contributed by atoms with van der Waals surface area (Å²) in [6, 6.07) is 0.584. The van der Waals surface area contributed by atoms with Gasteiger partial charge >= 0.3 is 0 Å². The monoisotopic (exact) mass is 211 g/mol. The molecule has 2 atom stereocenters. The van der Waals surface area contributed by atoms with E-state index in [4.69, 9.17) is 5.73 Å². The molecule has 15 heavy (non-hydrogen) atoms. The van der Waals surface area contributed by atoms with Crippen LogP contribution in [-0.2, 0) is 0 Å². The van der Waals surface area contributed by atoms with Crippen molar-refractivity contribution in [1.82, 2.24) is 9.80 Å². The van der Waals surface area contributed by atoms with E-state index in [0.29, 0.717) is 6.04 Å². The Bertz CT molecular complexity index is 223. The zero-order valence-corrected chi connectivity index (χ0v) is 10.4. The maximum Gasteiger partial charge on any atom is 0.0316 e. The molecule has 0 aromatic heterocycles. The van der Waals surface area contributed by atoms with E-state index in [-0.39, 0.29) is 5.54 Å². The second-order valence-corrected chi connectivity index (χ2v) is 5.81. The average molecular weight is 211 g/mol. The van der Waals surface area contributed by atoms with Crippen molar-refractivity contribution in [2.75, 3.05) is 34.2 Å². The molecular formula is C12H25N3. The Morgan fingerprint density at radius 1 is 1.40 bits per heavy atom. The van der Waals surface area contributed by atoms with Gasteiger partial charge in [-0.05, 0) is 59.3 Å². The molecule has 3 nitrogen and oxygen atoms in total. The SMILES string of the molecule is CN1CCCC(C(N(C)C)C2(N)CC2)C1. The van der Waals surface area contributed by atoms with Gasteiger partial charge in [0.15, 0.2) is 0 Å². The number of rotatable bonds is 3. The molecule has 0 amide bonds. The molecule has 3 heteroatoms. The van der Waals surface area contributed by atoms with E-state index in [1.54, 1.807) is 0 Å². The fraction of sp³-hybridized carbons (Fsp3) is 1.00. The van der Waals surface area contributed by atoms with Crippen LogP contribution in [0.2, 0.25) is 0 Å². The van der Waals surface area contributed by atoms with Gasteiger partial charge in [-0.3, -0.25) is 0 Å². The molecule has 0 radical (unpaired) electrons. The number of hydrogen-bond acceptors (Lipinski definition) is 3. The summed E-state index contributed by atoms with van der Waals surface area (Å²) in [7, 11) is 6.60. The molecule has 0 spiro atoms. The van der Waals surface area contributed by atoms with E-state index in [9.17, 15) is 0 Å². The minimum atomic E-state index is 0.131. The third-order valence-electron chi connectivity index (χ3n) is 4.08. The molecule has 0 aromatic carbocycles. The molecule has 1 heterocycles. The highest BCUT2D eigenvalue weighted by molar-refractivity contribution is 5.10. The van der Waals surface area contributed by atoms with E-state index in [2.05, 4.69) is 30.9 Å². The Morgan fingerprint density at radius 3 is 2.53 bits per heavy atom. The fourth-order valence-electron chi connectivity index (χ4n) is 3.31. The van der Waals surface area contributed by atoms with Gasteiger partial charge in [-0.1, -0.05) is 0 Å². The topological polar surface area (TPSA) is 32.5 Å². The molecule has 2 unspecified atom stereocenters. The Labute approximate surface area is 93.6 Å². The summed E-state index contributed by atoms with van der Waals surface area (Å²) in [5.41, 5.74) is 6.54. The van der Waals surface area contributed by atoms with Crippen molar-refractivity contribution in [2.24, 2.45) is 11.7 Å². The van der Waals surface area contributed by atoms with Crippen molar-refractivity contribution in [2.45, 2.75) is 37.3 Å². The van der Waals surface area contributed by atoms with Crippen LogP contribution in [-0.4, -0.2) is 55.6 Å². The molecule has 1 aliphatic carbocycles. The van der Waals surface area contributed by atoms with Crippen molar-refractivity contribution >= 4 is 0 Å². The van der Waals surface area contributed by atoms with Crippen molar-refractivity contribution in [1.29, 1.82) is 0 Å². The largest absolute Gasteiger partial charge is 0.324 e. The predicted molar refractivity (Wildman–Crippen MR) is 63.8 cm³/mol. The van der Waals surface area contributed by atoms with Gasteiger partial charge in [0, 0.05) is 18.1 Å². The van der Waals surface area contributed by atoms with E-state index >= 15 is 0 Å². The van der Waals surface area contributed by atoms with Crippen LogP contribution < -0.4 is 5.73 Å². The van der Waals surface area contributed by atoms with Gasteiger partial charge in [0.1, 0.15) is 0 Å². The quantitative estimate of drug-likeness (QED) is 0.748. The second-order valence-electron chi connectivity index (χ2n) is 5.81. The van der Waals surface area contributed by atoms with Gasteiger partial charge in [0.2, 0.25) is 0 Å². The van der Waals surface area contributed by atoms with Crippen LogP contribution in [0.15, 0.2) is 0 Å². The Kier molecular flexibility index (Phi) is 3.06. The number of piperidine rings is 1. The van der Waals surface area contributed by atoms with Crippen molar-refractivity contribution in [3.8, 4) is 0 Å². The average Bonchev–Trinajstić information content (AvgIpc) is 2.83. The summed E-state index contributed by atoms with van der Waals surface area (Å²) >= 11 is 0. The molecule has 2 rings (SSSR count). The highest BCUT2D eigenvalue weighted by atomic mass is 15.2. The van der Waals surface area contributed by atoms with Crippen molar-refractivity contribution in [3.05, 3.63) is 0 Å². The lowest BCUT2D eigenvalue weighted by atomic mass is 9.85. The third-order valence-corrected chi connectivity index (χ3v) is 4.08. The van der Waals surface area contributed by atoms with E-state index in [0.717, 1.165) is 5.92 Å². The van der Waals surface area contributed by atoms with Crippen molar-refractivity contribution < 1.29 is 0 Å². The molecular weight excluding hydrogens is 186 g/mol. The van der Waals surface area contributed by atoms with Crippen LogP contribution in [0.3, 0.4) is 0 Å². The maximum absolute atomic E-state index is 6.41. The number of nitrogens with two attached hydrogens (primary N) is 1. The lowest BCUT2D eigenvalue weighted by molar-refractivity contribution is 0.0986. The van der Waals surface area contributed by atoms with Crippen LogP contribution in [0.1, 0.15) is 25.7 Å². The normalized spacial score (nSPS) is 33.0. The molecule has 1 saturated carbocycles. The molecule has 0 bridgehead atoms. The van der Waals surface area contributed by atoms with Gasteiger partial charge in [0.25, 0.3) is 0 Å². The molecule has 2 N–H and O–H groups in total. The predicted octanol–water partition coefficient (Wildman–Crippen LogP) is 0.750. The minimum Gasteiger partial charge on any atom is -0.324 e. The van der Waals surface area contributed by atoms with E-state index in [1.165, 1.54) is 38.8 Å². The first kappa shape index (κ1) is 11.4. The summed E-state index contributed by atoms with van der Waals surface area (Å²) in [5, 5.41) is 0. The summed E-state index contributed by atoms with van der Waals surface area (Å²) in [6.45, 7) is 2.48. The summed E-state index contributed by atoms with van der Waals surface area (Å²) < 4.78 is 0. The third kappa shape index (κ3) is 2.35. The Morgan fingerprint density at radius 2 is 2.07 bits per heavy atom. The molecule has 88 valence electrons. The molecule has 1 saturated heterocycles. The van der Waals surface area contributed by atoms with Gasteiger partial charge in [0.05, 0.1) is 0 Å². The van der Waals surface area contributed by atoms with Crippen LogP contribution in [0, 0.1) is 5.92 Å². The van der Waals surface area contributed by atoms with Crippen LogP contribution in [0.25, 0.3) is 0 Å². The van der Waals surface area contributed by atoms with E-state index < -0.39 is 0 Å². The van der Waals surface area contributed by atoms with Crippen LogP contribution >= 0.6 is 0 Å². The molecule has 0 aromatic rings. The van der Waals surface area contributed by atoms with Gasteiger partial charge < -0.3 is 15.5 Å². The highest BCUT2D eigenvalue weighted by Gasteiger charge is 2.50. The summed E-state index contributed by atoms with van der Waals surface area (Å²) in [6.07, 6.45) is 5.12. The number of nitrogens with zero attached hydrogens (tertiary/aromatic N) is 2. The van der Waals surface area contributed by atoms with Gasteiger partial charge in [-0.25, -0.2) is 0 Å². The van der Waals surface area contributed by atoms with Crippen LogP contribution in [0.5, 0.6) is 0 Å². The standard InChI is InChI=1S/C12H25N3/c1-14(2)11(12(13)6-7-12)10-5-4-8-15(3)9-10/h10-11H,4-9,13H2,1-3H3. The van der Waals surface area contributed by atoms with Gasteiger partial charge in [-0.2, -0.15) is 0 Å². The van der Waals surface area contributed by atoms with Crippen LogP contribution in [0.4, 0.5) is 0 Å². The lowest BCUT2D eigenvalue weighted by Crippen LogP contribution is -2.54. The first-order valence-electron chi connectivity index (χ1n) is 6.17. The second kappa shape index (κ2) is 4.04. The van der Waals surface area contributed by atoms with Crippen molar-refractivity contribution in [3.63, 3.8) is 0 Å². The summed E-state index contributed by atoms with van der Waals surface area (Å²) in [5.74, 6) is 0.770. The van der Waals surface area contributed by atoms with E-state index in [1.807, 2.05) is 0 Å². The fourth-order valence-corrected chi connectivity index (χ4v) is 3.31. The first-order chi connectivity index (χ1) is 7.03. The Hall–Kier alpha value is -0.120. The number of likely N-dealkylation sites (tertiary alicyclic amines) is 1. The summed E-state index contributed by atoms with van der Waals surface area (Å²) in [4.78, 5) is 4.81. The minimum absolute atomic E-state index is 0.131.